The molecule has 0 aromatic carbocycles. The molecule has 20 heavy (non-hydrogen) atoms. The summed E-state index contributed by atoms with van der Waals surface area (Å²) in [5.74, 6) is 0.840. The monoisotopic (exact) mass is 295 g/mol. The second-order valence-corrected chi connectivity index (χ2v) is 7.28. The molecule has 114 valence electrons. The van der Waals surface area contributed by atoms with Crippen LogP contribution in [-0.2, 0) is 6.54 Å². The summed E-state index contributed by atoms with van der Waals surface area (Å²) >= 11 is 1.78. The van der Waals surface area contributed by atoms with E-state index in [9.17, 15) is 0 Å². The van der Waals surface area contributed by atoms with Crippen molar-refractivity contribution in [3.8, 4) is 0 Å². The third-order valence-electron chi connectivity index (χ3n) is 4.48. The van der Waals surface area contributed by atoms with Crippen molar-refractivity contribution in [3.05, 3.63) is 16.1 Å². The lowest BCUT2D eigenvalue weighted by atomic mass is 10.1. The smallest absolute Gasteiger partial charge is 0.0798 e. The summed E-state index contributed by atoms with van der Waals surface area (Å²) in [4.78, 5) is 10.9. The van der Waals surface area contributed by atoms with Crippen molar-refractivity contribution in [1.29, 1.82) is 0 Å². The number of hydrogen-bond donors (Lipinski definition) is 0. The summed E-state index contributed by atoms with van der Waals surface area (Å²) in [5.41, 5.74) is 3.16. The minimum Gasteiger partial charge on any atom is -0.301 e. The summed E-state index contributed by atoms with van der Waals surface area (Å²) in [6, 6.07) is 0.763. The fraction of sp³-hybridized carbons (Fsp3) is 0.812. The minimum atomic E-state index is 0.763. The Morgan fingerprint density at radius 1 is 1.55 bits per heavy atom. The van der Waals surface area contributed by atoms with Crippen LogP contribution in [0.3, 0.4) is 0 Å². The molecule has 0 bridgehead atoms. The second-order valence-electron chi connectivity index (χ2n) is 6.35. The topological polar surface area (TPSA) is 19.4 Å². The SMILES string of the molecule is CCC[C@@H](C)N1CC[C@H](CN(C)Cc2scnc2C)C1. The van der Waals surface area contributed by atoms with Crippen LogP contribution in [0.1, 0.15) is 43.7 Å². The highest BCUT2D eigenvalue weighted by atomic mass is 32.1. The number of likely N-dealkylation sites (tertiary alicyclic amines) is 1. The average Bonchev–Trinajstić information content (AvgIpc) is 3.00. The zero-order valence-electron chi connectivity index (χ0n) is 13.4. The number of rotatable bonds is 7. The maximum absolute atomic E-state index is 4.34. The Hall–Kier alpha value is -0.450. The molecule has 1 aromatic heterocycles. The van der Waals surface area contributed by atoms with E-state index < -0.39 is 0 Å². The lowest BCUT2D eigenvalue weighted by Gasteiger charge is -2.25. The molecule has 1 aromatic rings. The van der Waals surface area contributed by atoms with Gasteiger partial charge in [0.05, 0.1) is 11.2 Å². The lowest BCUT2D eigenvalue weighted by Crippen LogP contribution is -2.32. The zero-order chi connectivity index (χ0) is 14.5. The van der Waals surface area contributed by atoms with Crippen molar-refractivity contribution in [2.45, 2.75) is 52.6 Å². The highest BCUT2D eigenvalue weighted by molar-refractivity contribution is 7.09. The van der Waals surface area contributed by atoms with E-state index in [-0.39, 0.29) is 0 Å². The molecule has 0 N–H and O–H groups in total. The van der Waals surface area contributed by atoms with Crippen LogP contribution in [0.25, 0.3) is 0 Å². The van der Waals surface area contributed by atoms with Gasteiger partial charge in [0.15, 0.2) is 0 Å². The Bertz CT molecular complexity index is 404. The number of aryl methyl sites for hydroxylation is 1. The Morgan fingerprint density at radius 3 is 3.00 bits per heavy atom. The number of nitrogens with zero attached hydrogens (tertiary/aromatic N) is 3. The van der Waals surface area contributed by atoms with Crippen LogP contribution in [-0.4, -0.2) is 47.5 Å². The van der Waals surface area contributed by atoms with Crippen LogP contribution in [0.4, 0.5) is 0 Å². The van der Waals surface area contributed by atoms with Gasteiger partial charge in [0, 0.05) is 30.6 Å². The molecule has 0 amide bonds. The fourth-order valence-electron chi connectivity index (χ4n) is 3.24. The van der Waals surface area contributed by atoms with Crippen LogP contribution in [0, 0.1) is 12.8 Å². The van der Waals surface area contributed by atoms with Gasteiger partial charge in [-0.2, -0.15) is 0 Å². The third kappa shape index (κ3) is 4.27. The predicted molar refractivity (Wildman–Crippen MR) is 87.2 cm³/mol. The Kier molecular flexibility index (Phi) is 6.00. The molecule has 2 rings (SSSR count). The molecular formula is C16H29N3S. The first-order valence-electron chi connectivity index (χ1n) is 7.91. The van der Waals surface area contributed by atoms with Crippen molar-refractivity contribution in [1.82, 2.24) is 14.8 Å². The van der Waals surface area contributed by atoms with E-state index in [1.165, 1.54) is 49.5 Å². The van der Waals surface area contributed by atoms with Gasteiger partial charge in [0.1, 0.15) is 0 Å². The summed E-state index contributed by atoms with van der Waals surface area (Å²) in [5, 5.41) is 0. The molecule has 4 heteroatoms. The number of aromatic nitrogens is 1. The molecular weight excluding hydrogens is 266 g/mol. The Balaban J connectivity index is 1.76. The summed E-state index contributed by atoms with van der Waals surface area (Å²) < 4.78 is 0. The van der Waals surface area contributed by atoms with Crippen LogP contribution < -0.4 is 0 Å². The fourth-order valence-corrected chi connectivity index (χ4v) is 4.10. The standard InChI is InChI=1S/C16H29N3S/c1-5-6-13(2)19-8-7-15(10-19)9-18(4)11-16-14(3)17-12-20-16/h12-13,15H,5-11H2,1-4H3/t13-,15-/m1/s1. The molecule has 0 radical (unpaired) electrons. The highest BCUT2D eigenvalue weighted by Crippen LogP contribution is 2.22. The lowest BCUT2D eigenvalue weighted by molar-refractivity contribution is 0.218. The van der Waals surface area contributed by atoms with E-state index in [4.69, 9.17) is 0 Å². The van der Waals surface area contributed by atoms with Gasteiger partial charge in [0.25, 0.3) is 0 Å². The number of hydrogen-bond acceptors (Lipinski definition) is 4. The molecule has 0 unspecified atom stereocenters. The van der Waals surface area contributed by atoms with Crippen LogP contribution >= 0.6 is 11.3 Å². The van der Waals surface area contributed by atoms with Gasteiger partial charge in [-0.05, 0) is 46.2 Å². The third-order valence-corrected chi connectivity index (χ3v) is 5.40. The molecule has 1 aliphatic heterocycles. The van der Waals surface area contributed by atoms with E-state index in [2.05, 4.69) is 42.6 Å². The van der Waals surface area contributed by atoms with Gasteiger partial charge < -0.3 is 9.80 Å². The number of thiazole rings is 1. The van der Waals surface area contributed by atoms with Crippen molar-refractivity contribution >= 4 is 11.3 Å². The first kappa shape index (κ1) is 15.9. The molecule has 1 aliphatic rings. The first-order chi connectivity index (χ1) is 9.60. The molecule has 2 heterocycles. The van der Waals surface area contributed by atoms with Crippen molar-refractivity contribution in [2.75, 3.05) is 26.7 Å². The van der Waals surface area contributed by atoms with Gasteiger partial charge >= 0.3 is 0 Å². The van der Waals surface area contributed by atoms with Crippen molar-refractivity contribution < 1.29 is 0 Å². The van der Waals surface area contributed by atoms with Crippen molar-refractivity contribution in [3.63, 3.8) is 0 Å². The molecule has 3 nitrogen and oxygen atoms in total. The minimum absolute atomic E-state index is 0.763. The highest BCUT2D eigenvalue weighted by Gasteiger charge is 2.26. The van der Waals surface area contributed by atoms with Gasteiger partial charge in [-0.15, -0.1) is 11.3 Å². The van der Waals surface area contributed by atoms with E-state index in [1.807, 2.05) is 5.51 Å². The summed E-state index contributed by atoms with van der Waals surface area (Å²) in [7, 11) is 2.25. The molecule has 2 atom stereocenters. The normalized spacial score (nSPS) is 21.8. The van der Waals surface area contributed by atoms with Crippen LogP contribution in [0.2, 0.25) is 0 Å². The maximum Gasteiger partial charge on any atom is 0.0798 e. The van der Waals surface area contributed by atoms with E-state index >= 15 is 0 Å². The van der Waals surface area contributed by atoms with Gasteiger partial charge in [-0.3, -0.25) is 0 Å². The predicted octanol–water partition coefficient (Wildman–Crippen LogP) is 3.39. The Morgan fingerprint density at radius 2 is 2.35 bits per heavy atom. The van der Waals surface area contributed by atoms with Crippen LogP contribution in [0.15, 0.2) is 5.51 Å². The summed E-state index contributed by atoms with van der Waals surface area (Å²) in [6.45, 7) is 11.6. The average molecular weight is 295 g/mol. The second kappa shape index (κ2) is 7.53. The molecule has 0 saturated carbocycles. The van der Waals surface area contributed by atoms with Crippen molar-refractivity contribution in [2.24, 2.45) is 5.92 Å². The largest absolute Gasteiger partial charge is 0.301 e. The maximum atomic E-state index is 4.34. The van der Waals surface area contributed by atoms with Gasteiger partial charge in [-0.25, -0.2) is 4.98 Å². The molecule has 1 saturated heterocycles. The molecule has 0 aliphatic carbocycles. The molecule has 0 spiro atoms. The van der Waals surface area contributed by atoms with Gasteiger partial charge in [-0.1, -0.05) is 13.3 Å². The first-order valence-corrected chi connectivity index (χ1v) is 8.79. The van der Waals surface area contributed by atoms with Crippen LogP contribution in [0.5, 0.6) is 0 Å². The quantitative estimate of drug-likeness (QED) is 0.768. The van der Waals surface area contributed by atoms with E-state index in [0.717, 1.165) is 18.5 Å². The zero-order valence-corrected chi connectivity index (χ0v) is 14.2. The van der Waals surface area contributed by atoms with E-state index in [0.29, 0.717) is 0 Å². The summed E-state index contributed by atoms with van der Waals surface area (Å²) in [6.07, 6.45) is 4.00. The Labute approximate surface area is 128 Å². The van der Waals surface area contributed by atoms with Gasteiger partial charge in [0.2, 0.25) is 0 Å². The molecule has 1 fully saturated rings. The van der Waals surface area contributed by atoms with E-state index in [1.54, 1.807) is 11.3 Å².